The molecule has 0 spiro atoms. The van der Waals surface area contributed by atoms with E-state index in [-0.39, 0.29) is 0 Å². The number of benzene rings is 4. The number of para-hydroxylation sites is 3. The Kier molecular flexibility index (Phi) is 4.94. The number of fused-ring (bicyclic) bond motifs is 4. The van der Waals surface area contributed by atoms with Crippen LogP contribution in [-0.4, -0.2) is 24.1 Å². The van der Waals surface area contributed by atoms with Crippen molar-refractivity contribution in [3.05, 3.63) is 122 Å². The number of aryl methyl sites for hydroxylation is 1. The molecule has 0 N–H and O–H groups in total. The van der Waals surface area contributed by atoms with Crippen LogP contribution in [0.1, 0.15) is 0 Å². The molecule has 0 bridgehead atoms. The minimum absolute atomic E-state index is 0.615. The lowest BCUT2D eigenvalue weighted by Gasteiger charge is -2.11. The molecule has 8 aromatic rings. The van der Waals surface area contributed by atoms with Gasteiger partial charge in [-0.1, -0.05) is 54.6 Å². The number of hydrogen-bond donors (Lipinski definition) is 0. The molecule has 0 aliphatic rings. The van der Waals surface area contributed by atoms with Gasteiger partial charge in [-0.05, 0) is 54.6 Å². The van der Waals surface area contributed by atoms with Crippen LogP contribution in [0.4, 0.5) is 0 Å². The highest BCUT2D eigenvalue weighted by atomic mass is 16.3. The molecule has 0 fully saturated rings. The molecule has 4 heterocycles. The topological polar surface area (TPSA) is 61.7 Å². The van der Waals surface area contributed by atoms with E-state index in [2.05, 4.69) is 76.3 Å². The zero-order chi connectivity index (χ0) is 26.6. The van der Waals surface area contributed by atoms with E-state index in [0.717, 1.165) is 56.2 Å². The molecule has 6 heteroatoms. The molecule has 0 unspecified atom stereocenters. The van der Waals surface area contributed by atoms with E-state index in [1.807, 2.05) is 60.3 Å². The fourth-order valence-electron chi connectivity index (χ4n) is 5.51. The van der Waals surface area contributed by atoms with E-state index in [1.165, 1.54) is 10.8 Å². The van der Waals surface area contributed by atoms with Crippen molar-refractivity contribution in [3.63, 3.8) is 0 Å². The second-order valence-electron chi connectivity index (χ2n) is 9.89. The van der Waals surface area contributed by atoms with E-state index in [4.69, 9.17) is 14.4 Å². The number of aromatic nitrogens is 5. The first kappa shape index (κ1) is 22.5. The maximum absolute atomic E-state index is 6.11. The van der Waals surface area contributed by atoms with Crippen LogP contribution in [0.2, 0.25) is 0 Å². The van der Waals surface area contributed by atoms with Crippen LogP contribution in [-0.2, 0) is 7.05 Å². The van der Waals surface area contributed by atoms with Crippen molar-refractivity contribution in [1.29, 1.82) is 0 Å². The molecule has 8 rings (SSSR count). The molecule has 0 saturated heterocycles. The van der Waals surface area contributed by atoms with Crippen molar-refractivity contribution >= 4 is 32.9 Å². The lowest BCUT2D eigenvalue weighted by Crippen LogP contribution is -1.97. The Hall–Kier alpha value is -5.49. The molecule has 6 nitrogen and oxygen atoms in total. The average molecular weight is 518 g/mol. The van der Waals surface area contributed by atoms with Gasteiger partial charge in [-0.15, -0.1) is 0 Å². The molecule has 0 atom stereocenters. The van der Waals surface area contributed by atoms with Gasteiger partial charge in [0.25, 0.3) is 0 Å². The quantitative estimate of drug-likeness (QED) is 0.237. The predicted molar refractivity (Wildman–Crippen MR) is 159 cm³/mol. The first-order valence-corrected chi connectivity index (χ1v) is 13.2. The van der Waals surface area contributed by atoms with Gasteiger partial charge in [0.05, 0.1) is 16.7 Å². The van der Waals surface area contributed by atoms with Crippen molar-refractivity contribution in [2.75, 3.05) is 0 Å². The number of pyridine rings is 1. The van der Waals surface area contributed by atoms with E-state index >= 15 is 0 Å². The minimum atomic E-state index is 0.615. The van der Waals surface area contributed by atoms with E-state index in [0.29, 0.717) is 5.89 Å². The molecule has 0 aliphatic heterocycles. The lowest BCUT2D eigenvalue weighted by molar-refractivity contribution is 0.620. The van der Waals surface area contributed by atoms with Crippen LogP contribution >= 0.6 is 0 Å². The Balaban J connectivity index is 1.31. The van der Waals surface area contributed by atoms with Crippen molar-refractivity contribution in [2.45, 2.75) is 0 Å². The molecule has 0 saturated carbocycles. The summed E-state index contributed by atoms with van der Waals surface area (Å²) in [6.07, 6.45) is 3.73. The summed E-state index contributed by atoms with van der Waals surface area (Å²) in [7, 11) is 1.98. The third-order valence-corrected chi connectivity index (χ3v) is 7.41. The van der Waals surface area contributed by atoms with Crippen molar-refractivity contribution in [1.82, 2.24) is 24.1 Å². The van der Waals surface area contributed by atoms with E-state index in [1.54, 1.807) is 6.20 Å². The van der Waals surface area contributed by atoms with Gasteiger partial charge in [-0.2, -0.15) is 0 Å². The number of imidazole rings is 1. The molecule has 40 heavy (non-hydrogen) atoms. The third kappa shape index (κ3) is 3.54. The molecule has 190 valence electrons. The molecule has 0 aliphatic carbocycles. The first-order valence-electron chi connectivity index (χ1n) is 13.2. The molecule has 0 amide bonds. The summed E-state index contributed by atoms with van der Waals surface area (Å²) < 4.78 is 10.4. The zero-order valence-corrected chi connectivity index (χ0v) is 21.7. The monoisotopic (exact) mass is 517 g/mol. The van der Waals surface area contributed by atoms with Crippen LogP contribution in [0.5, 0.6) is 0 Å². The van der Waals surface area contributed by atoms with Crippen molar-refractivity contribution in [2.24, 2.45) is 7.05 Å². The summed E-state index contributed by atoms with van der Waals surface area (Å²) in [6.45, 7) is 0. The Morgan fingerprint density at radius 3 is 2.38 bits per heavy atom. The average Bonchev–Trinajstić information content (AvgIpc) is 3.72. The van der Waals surface area contributed by atoms with E-state index < -0.39 is 0 Å². The van der Waals surface area contributed by atoms with Crippen molar-refractivity contribution in [3.8, 4) is 39.9 Å². The Labute approximate surface area is 229 Å². The van der Waals surface area contributed by atoms with Gasteiger partial charge in [0.15, 0.2) is 11.4 Å². The molecule has 4 aromatic heterocycles. The fourth-order valence-corrected chi connectivity index (χ4v) is 5.51. The summed E-state index contributed by atoms with van der Waals surface area (Å²) in [5, 5.41) is 2.37. The number of oxazole rings is 1. The maximum atomic E-state index is 6.11. The zero-order valence-electron chi connectivity index (χ0n) is 21.7. The van der Waals surface area contributed by atoms with Gasteiger partial charge in [-0.3, -0.25) is 0 Å². The molecule has 4 aromatic carbocycles. The SMILES string of the molecule is Cn1ccnc1-c1cccc(-c2cccc(-n3c4ccccc4c4ccc(-c5nc6ccccc6o5)cc43)c2)n1. The Morgan fingerprint density at radius 1 is 0.650 bits per heavy atom. The number of rotatable bonds is 4. The van der Waals surface area contributed by atoms with Crippen LogP contribution in [0.25, 0.3) is 72.8 Å². The normalized spacial score (nSPS) is 11.6. The minimum Gasteiger partial charge on any atom is -0.436 e. The maximum Gasteiger partial charge on any atom is 0.227 e. The van der Waals surface area contributed by atoms with Gasteiger partial charge in [0.1, 0.15) is 11.2 Å². The van der Waals surface area contributed by atoms with Gasteiger partial charge >= 0.3 is 0 Å². The van der Waals surface area contributed by atoms with Gasteiger partial charge in [0, 0.05) is 47.0 Å². The predicted octanol–water partition coefficient (Wildman–Crippen LogP) is 8.05. The van der Waals surface area contributed by atoms with Gasteiger partial charge in [-0.25, -0.2) is 15.0 Å². The fraction of sp³-hybridized carbons (Fsp3) is 0.0294. The standard InChI is InChI=1S/C34H23N5O/c1-38-19-18-35-33(38)29-13-7-12-27(36-29)22-8-6-9-24(20-22)39-30-14-4-2-10-25(30)26-17-16-23(21-31(26)39)34-37-28-11-3-5-15-32(28)40-34/h2-21H,1H3. The van der Waals surface area contributed by atoms with Gasteiger partial charge < -0.3 is 13.6 Å². The smallest absolute Gasteiger partial charge is 0.227 e. The van der Waals surface area contributed by atoms with Gasteiger partial charge in [0.2, 0.25) is 5.89 Å². The summed E-state index contributed by atoms with van der Waals surface area (Å²) >= 11 is 0. The molecule has 0 radical (unpaired) electrons. The second-order valence-corrected chi connectivity index (χ2v) is 9.89. The largest absolute Gasteiger partial charge is 0.436 e. The summed E-state index contributed by atoms with van der Waals surface area (Å²) in [6, 6.07) is 37.4. The van der Waals surface area contributed by atoms with Crippen LogP contribution < -0.4 is 0 Å². The van der Waals surface area contributed by atoms with Crippen LogP contribution in [0.3, 0.4) is 0 Å². The Morgan fingerprint density at radius 2 is 1.48 bits per heavy atom. The third-order valence-electron chi connectivity index (χ3n) is 7.41. The van der Waals surface area contributed by atoms with Crippen molar-refractivity contribution < 1.29 is 4.42 Å². The van der Waals surface area contributed by atoms with Crippen LogP contribution in [0.15, 0.2) is 126 Å². The second kappa shape index (κ2) is 8.78. The van der Waals surface area contributed by atoms with E-state index in [9.17, 15) is 0 Å². The summed E-state index contributed by atoms with van der Waals surface area (Å²) in [4.78, 5) is 14.2. The highest BCUT2D eigenvalue weighted by molar-refractivity contribution is 6.10. The highest BCUT2D eigenvalue weighted by Gasteiger charge is 2.16. The first-order chi connectivity index (χ1) is 19.7. The summed E-state index contributed by atoms with van der Waals surface area (Å²) in [5.41, 5.74) is 8.64. The van der Waals surface area contributed by atoms with Crippen LogP contribution in [0, 0.1) is 0 Å². The molecular weight excluding hydrogens is 494 g/mol. The molecular formula is C34H23N5O. The highest BCUT2D eigenvalue weighted by Crippen LogP contribution is 2.36. The summed E-state index contributed by atoms with van der Waals surface area (Å²) in [5.74, 6) is 1.45. The Bertz CT molecular complexity index is 2170. The number of hydrogen-bond acceptors (Lipinski definition) is 4. The lowest BCUT2D eigenvalue weighted by atomic mass is 10.1. The number of nitrogens with zero attached hydrogens (tertiary/aromatic N) is 5.